The Balaban J connectivity index is 2.52. The van der Waals surface area contributed by atoms with Crippen molar-refractivity contribution in [3.8, 4) is 0 Å². The number of aryl methyl sites for hydroxylation is 1. The first kappa shape index (κ1) is 9.97. The van der Waals surface area contributed by atoms with Gasteiger partial charge >= 0.3 is 0 Å². The molecule has 0 saturated carbocycles. The fraction of sp³-hybridized carbons (Fsp3) is 0.200. The number of hydrogen-bond acceptors (Lipinski definition) is 0. The molecule has 0 radical (unpaired) electrons. The highest BCUT2D eigenvalue weighted by Crippen LogP contribution is 2.19. The van der Waals surface area contributed by atoms with Crippen LogP contribution in [0.1, 0.15) is 24.5 Å². The fourth-order valence-electron chi connectivity index (χ4n) is 1.89. The lowest BCUT2D eigenvalue weighted by atomic mass is 10.0. The van der Waals surface area contributed by atoms with Crippen LogP contribution in [0.15, 0.2) is 43.0 Å². The van der Waals surface area contributed by atoms with Crippen molar-refractivity contribution in [2.45, 2.75) is 19.8 Å². The monoisotopic (exact) mass is 196 g/mol. The third-order valence-corrected chi connectivity index (χ3v) is 2.70. The van der Waals surface area contributed by atoms with Gasteiger partial charge in [-0.25, -0.2) is 0 Å². The van der Waals surface area contributed by atoms with Crippen molar-refractivity contribution in [2.24, 2.45) is 0 Å². The molecule has 0 N–H and O–H groups in total. The zero-order chi connectivity index (χ0) is 10.7. The van der Waals surface area contributed by atoms with Crippen LogP contribution < -0.4 is 0 Å². The number of rotatable bonds is 3. The summed E-state index contributed by atoms with van der Waals surface area (Å²) in [7, 11) is 0. The van der Waals surface area contributed by atoms with Crippen LogP contribution in [0.5, 0.6) is 0 Å². The molecule has 2 aromatic carbocycles. The largest absolute Gasteiger partial charge is 0.0985 e. The van der Waals surface area contributed by atoms with Gasteiger partial charge in [-0.1, -0.05) is 56.3 Å². The van der Waals surface area contributed by atoms with E-state index in [-0.39, 0.29) is 0 Å². The van der Waals surface area contributed by atoms with Crippen LogP contribution in [0, 0.1) is 0 Å². The van der Waals surface area contributed by atoms with E-state index in [0.717, 1.165) is 6.42 Å². The second-order valence-corrected chi connectivity index (χ2v) is 3.90. The lowest BCUT2D eigenvalue weighted by Gasteiger charge is -2.03. The first-order chi connectivity index (χ1) is 7.33. The van der Waals surface area contributed by atoms with Gasteiger partial charge in [0.15, 0.2) is 0 Å². The maximum Gasteiger partial charge on any atom is -0.0175 e. The summed E-state index contributed by atoms with van der Waals surface area (Å²) in [6, 6.07) is 13.2. The van der Waals surface area contributed by atoms with Gasteiger partial charge in [0.2, 0.25) is 0 Å². The van der Waals surface area contributed by atoms with E-state index in [1.54, 1.807) is 0 Å². The first-order valence-electron chi connectivity index (χ1n) is 5.48. The van der Waals surface area contributed by atoms with Crippen LogP contribution in [-0.2, 0) is 6.42 Å². The van der Waals surface area contributed by atoms with Crippen molar-refractivity contribution < 1.29 is 0 Å². The van der Waals surface area contributed by atoms with Gasteiger partial charge in [-0.15, -0.1) is 0 Å². The lowest BCUT2D eigenvalue weighted by molar-refractivity contribution is 0.924. The van der Waals surface area contributed by atoms with Crippen molar-refractivity contribution in [1.82, 2.24) is 0 Å². The van der Waals surface area contributed by atoms with Gasteiger partial charge in [0, 0.05) is 0 Å². The standard InChI is InChI=1S/C15H16/c1-3-5-13-7-9-14-8-6-12(4-2)10-15(14)11-13/h4,6-11H,2-3,5H2,1H3. The minimum absolute atomic E-state index is 1.16. The summed E-state index contributed by atoms with van der Waals surface area (Å²) in [5.74, 6) is 0. The quantitative estimate of drug-likeness (QED) is 0.681. The van der Waals surface area contributed by atoms with Crippen LogP contribution >= 0.6 is 0 Å². The van der Waals surface area contributed by atoms with Crippen LogP contribution in [0.4, 0.5) is 0 Å². The van der Waals surface area contributed by atoms with Gasteiger partial charge in [0.05, 0.1) is 0 Å². The second-order valence-electron chi connectivity index (χ2n) is 3.90. The van der Waals surface area contributed by atoms with E-state index in [2.05, 4.69) is 49.9 Å². The maximum atomic E-state index is 3.80. The van der Waals surface area contributed by atoms with Crippen molar-refractivity contribution in [2.75, 3.05) is 0 Å². The van der Waals surface area contributed by atoms with Crippen LogP contribution in [0.2, 0.25) is 0 Å². The highest BCUT2D eigenvalue weighted by molar-refractivity contribution is 5.85. The van der Waals surface area contributed by atoms with Gasteiger partial charge in [0.25, 0.3) is 0 Å². The van der Waals surface area contributed by atoms with Gasteiger partial charge in [-0.2, -0.15) is 0 Å². The van der Waals surface area contributed by atoms with Crippen molar-refractivity contribution in [1.29, 1.82) is 0 Å². The molecule has 0 saturated heterocycles. The summed E-state index contributed by atoms with van der Waals surface area (Å²) in [6.45, 7) is 6.01. The molecule has 76 valence electrons. The van der Waals surface area contributed by atoms with Gasteiger partial charge in [-0.05, 0) is 34.4 Å². The molecule has 0 nitrogen and oxygen atoms in total. The van der Waals surface area contributed by atoms with E-state index in [1.807, 2.05) is 6.08 Å². The Bertz CT molecular complexity index is 480. The highest BCUT2D eigenvalue weighted by Gasteiger charge is 1.96. The van der Waals surface area contributed by atoms with E-state index in [1.165, 1.54) is 28.3 Å². The summed E-state index contributed by atoms with van der Waals surface area (Å²) >= 11 is 0. The minimum atomic E-state index is 1.16. The zero-order valence-electron chi connectivity index (χ0n) is 9.16. The summed E-state index contributed by atoms with van der Waals surface area (Å²) in [4.78, 5) is 0. The molecule has 0 amide bonds. The van der Waals surface area contributed by atoms with Crippen LogP contribution in [-0.4, -0.2) is 0 Å². The Morgan fingerprint density at radius 2 is 1.87 bits per heavy atom. The first-order valence-corrected chi connectivity index (χ1v) is 5.48. The summed E-state index contributed by atoms with van der Waals surface area (Å²) < 4.78 is 0. The van der Waals surface area contributed by atoms with E-state index in [4.69, 9.17) is 0 Å². The maximum absolute atomic E-state index is 3.80. The third kappa shape index (κ3) is 2.10. The van der Waals surface area contributed by atoms with Crippen molar-refractivity contribution in [3.63, 3.8) is 0 Å². The van der Waals surface area contributed by atoms with E-state index in [9.17, 15) is 0 Å². The molecular weight excluding hydrogens is 180 g/mol. The number of hydrogen-bond donors (Lipinski definition) is 0. The Kier molecular flexibility index (Phi) is 2.86. The second kappa shape index (κ2) is 4.31. The zero-order valence-corrected chi connectivity index (χ0v) is 9.16. The van der Waals surface area contributed by atoms with Crippen LogP contribution in [0.25, 0.3) is 16.8 Å². The molecule has 0 spiro atoms. The van der Waals surface area contributed by atoms with Gasteiger partial charge < -0.3 is 0 Å². The third-order valence-electron chi connectivity index (χ3n) is 2.70. The predicted octanol–water partition coefficient (Wildman–Crippen LogP) is 4.44. The average molecular weight is 196 g/mol. The molecule has 0 aliphatic heterocycles. The minimum Gasteiger partial charge on any atom is -0.0985 e. The molecule has 0 aliphatic rings. The predicted molar refractivity (Wildman–Crippen MR) is 68.0 cm³/mol. The molecule has 2 aromatic rings. The van der Waals surface area contributed by atoms with Crippen LogP contribution in [0.3, 0.4) is 0 Å². The summed E-state index contributed by atoms with van der Waals surface area (Å²) in [5.41, 5.74) is 2.61. The molecular formula is C15H16. The molecule has 0 aliphatic carbocycles. The summed E-state index contributed by atoms with van der Waals surface area (Å²) in [5, 5.41) is 2.62. The SMILES string of the molecule is C=Cc1ccc2ccc(CCC)cc2c1. The highest BCUT2D eigenvalue weighted by atomic mass is 14.0. The Hall–Kier alpha value is -1.56. The molecule has 2 rings (SSSR count). The van der Waals surface area contributed by atoms with E-state index in [0.29, 0.717) is 0 Å². The van der Waals surface area contributed by atoms with Gasteiger partial charge in [-0.3, -0.25) is 0 Å². The molecule has 0 heterocycles. The Labute approximate surface area is 91.2 Å². The number of benzene rings is 2. The smallest absolute Gasteiger partial charge is 0.0175 e. The normalized spacial score (nSPS) is 10.5. The average Bonchev–Trinajstić information content (AvgIpc) is 2.28. The molecule has 0 atom stereocenters. The Morgan fingerprint density at radius 3 is 2.60 bits per heavy atom. The molecule has 15 heavy (non-hydrogen) atoms. The van der Waals surface area contributed by atoms with E-state index >= 15 is 0 Å². The fourth-order valence-corrected chi connectivity index (χ4v) is 1.89. The topological polar surface area (TPSA) is 0 Å². The lowest BCUT2D eigenvalue weighted by Crippen LogP contribution is -1.83. The Morgan fingerprint density at radius 1 is 1.07 bits per heavy atom. The van der Waals surface area contributed by atoms with Crippen molar-refractivity contribution in [3.05, 3.63) is 54.1 Å². The molecule has 0 unspecified atom stereocenters. The summed E-state index contributed by atoms with van der Waals surface area (Å²) in [6.07, 6.45) is 4.26. The molecule has 0 heteroatoms. The number of fused-ring (bicyclic) bond motifs is 1. The van der Waals surface area contributed by atoms with Crippen molar-refractivity contribution >= 4 is 16.8 Å². The molecule has 0 aromatic heterocycles. The van der Waals surface area contributed by atoms with Gasteiger partial charge in [0.1, 0.15) is 0 Å². The van der Waals surface area contributed by atoms with E-state index < -0.39 is 0 Å². The molecule has 0 fully saturated rings. The molecule has 0 bridgehead atoms.